The van der Waals surface area contributed by atoms with Crippen LogP contribution in [0.4, 0.5) is 43.9 Å². The van der Waals surface area contributed by atoms with Crippen LogP contribution in [0.5, 0.6) is 0 Å². The molecule has 0 bridgehead atoms. The number of hydrogen-bond acceptors (Lipinski definition) is 0. The lowest BCUT2D eigenvalue weighted by atomic mass is 9.94. The summed E-state index contributed by atoms with van der Waals surface area (Å²) in [7, 11) is 0. The van der Waals surface area contributed by atoms with E-state index in [0.717, 1.165) is 0 Å². The molecule has 0 atom stereocenters. The van der Waals surface area contributed by atoms with E-state index in [1.807, 2.05) is 0 Å². The first-order valence-corrected chi connectivity index (χ1v) is 4.24. The van der Waals surface area contributed by atoms with Crippen LogP contribution in [0, 0.1) is 6.92 Å². The van der Waals surface area contributed by atoms with Crippen molar-refractivity contribution in [1.29, 1.82) is 0 Å². The van der Waals surface area contributed by atoms with Crippen molar-refractivity contribution in [2.24, 2.45) is 0 Å². The molecular formula is C8H7F10. The van der Waals surface area contributed by atoms with Gasteiger partial charge in [0.25, 0.3) is 0 Å². The van der Waals surface area contributed by atoms with Crippen molar-refractivity contribution in [2.45, 2.75) is 43.0 Å². The topological polar surface area (TPSA) is 0 Å². The standard InChI is InChI=1S/C8H7F10/c1-3-5(11,12)7(15,16)8(17,18)6(13,14)4(2,9)10/h1,3H2,2H3. The molecule has 0 nitrogen and oxygen atoms in total. The van der Waals surface area contributed by atoms with Gasteiger partial charge in [-0.25, -0.2) is 0 Å². The molecule has 0 heterocycles. The lowest BCUT2D eigenvalue weighted by Crippen LogP contribution is -2.66. The molecule has 0 spiro atoms. The lowest BCUT2D eigenvalue weighted by molar-refractivity contribution is -0.398. The quantitative estimate of drug-likeness (QED) is 0.659. The van der Waals surface area contributed by atoms with Crippen molar-refractivity contribution in [3.05, 3.63) is 6.92 Å². The maximum absolute atomic E-state index is 12.7. The van der Waals surface area contributed by atoms with Gasteiger partial charge in [-0.3, -0.25) is 0 Å². The van der Waals surface area contributed by atoms with Gasteiger partial charge in [-0.15, -0.1) is 0 Å². The zero-order valence-corrected chi connectivity index (χ0v) is 8.69. The van der Waals surface area contributed by atoms with Crippen molar-refractivity contribution < 1.29 is 43.9 Å². The first-order chi connectivity index (χ1) is 7.56. The third kappa shape index (κ3) is 2.13. The largest absolute Gasteiger partial charge is 0.384 e. The van der Waals surface area contributed by atoms with Crippen molar-refractivity contribution in [1.82, 2.24) is 0 Å². The molecule has 0 unspecified atom stereocenters. The molecule has 0 amide bonds. The Hall–Kier alpha value is -0.700. The zero-order chi connectivity index (χ0) is 15.2. The average Bonchev–Trinajstić information content (AvgIpc) is 2.15. The summed E-state index contributed by atoms with van der Waals surface area (Å²) in [4.78, 5) is 0. The fraction of sp³-hybridized carbons (Fsp3) is 0.875. The normalized spacial score (nSPS) is 16.0. The fourth-order valence-electron chi connectivity index (χ4n) is 0.860. The molecule has 0 aliphatic rings. The predicted molar refractivity (Wildman–Crippen MR) is 40.4 cm³/mol. The third-order valence-corrected chi connectivity index (χ3v) is 2.11. The van der Waals surface area contributed by atoms with Crippen LogP contribution in [0.15, 0.2) is 0 Å². The van der Waals surface area contributed by atoms with Gasteiger partial charge in [-0.2, -0.15) is 43.9 Å². The number of alkyl halides is 10. The van der Waals surface area contributed by atoms with Crippen molar-refractivity contribution in [3.63, 3.8) is 0 Å². The summed E-state index contributed by atoms with van der Waals surface area (Å²) in [6.07, 6.45) is -2.17. The molecule has 0 fully saturated rings. The van der Waals surface area contributed by atoms with Gasteiger partial charge < -0.3 is 0 Å². The molecule has 0 saturated carbocycles. The van der Waals surface area contributed by atoms with Crippen LogP contribution in [0.25, 0.3) is 0 Å². The Balaban J connectivity index is 5.80. The van der Waals surface area contributed by atoms with Gasteiger partial charge >= 0.3 is 29.6 Å². The second-order valence-electron chi connectivity index (χ2n) is 3.57. The van der Waals surface area contributed by atoms with Crippen molar-refractivity contribution >= 4 is 0 Å². The van der Waals surface area contributed by atoms with Crippen LogP contribution in [0.2, 0.25) is 0 Å². The highest BCUT2D eigenvalue weighted by atomic mass is 19.4. The lowest BCUT2D eigenvalue weighted by Gasteiger charge is -2.38. The second kappa shape index (κ2) is 4.16. The Bertz CT molecular complexity index is 299. The fourth-order valence-corrected chi connectivity index (χ4v) is 0.860. The Morgan fingerprint density at radius 3 is 1.22 bits per heavy atom. The van der Waals surface area contributed by atoms with Gasteiger partial charge in [0.05, 0.1) is 0 Å². The van der Waals surface area contributed by atoms with Crippen LogP contribution < -0.4 is 0 Å². The van der Waals surface area contributed by atoms with Crippen molar-refractivity contribution in [3.8, 4) is 0 Å². The molecule has 18 heavy (non-hydrogen) atoms. The highest BCUT2D eigenvalue weighted by molar-refractivity contribution is 5.07. The second-order valence-corrected chi connectivity index (χ2v) is 3.57. The predicted octanol–water partition coefficient (Wildman–Crippen LogP) is 4.41. The van der Waals surface area contributed by atoms with E-state index in [2.05, 4.69) is 6.92 Å². The monoisotopic (exact) mass is 293 g/mol. The average molecular weight is 293 g/mol. The summed E-state index contributed by atoms with van der Waals surface area (Å²) in [6, 6.07) is 0. The summed E-state index contributed by atoms with van der Waals surface area (Å²) in [5.41, 5.74) is 0. The van der Waals surface area contributed by atoms with Gasteiger partial charge in [0.15, 0.2) is 0 Å². The first-order valence-electron chi connectivity index (χ1n) is 4.24. The van der Waals surface area contributed by atoms with E-state index in [1.165, 1.54) is 0 Å². The van der Waals surface area contributed by atoms with Crippen LogP contribution in [0.1, 0.15) is 13.3 Å². The highest BCUT2D eigenvalue weighted by Crippen LogP contribution is 2.57. The van der Waals surface area contributed by atoms with E-state index in [4.69, 9.17) is 0 Å². The first kappa shape index (κ1) is 17.3. The molecule has 0 aliphatic carbocycles. The molecule has 0 N–H and O–H groups in total. The molecule has 109 valence electrons. The Kier molecular flexibility index (Phi) is 3.99. The molecule has 1 radical (unpaired) electrons. The smallest absolute Gasteiger partial charge is 0.200 e. The van der Waals surface area contributed by atoms with Crippen LogP contribution in [0.3, 0.4) is 0 Å². The number of halogens is 10. The molecule has 0 aliphatic heterocycles. The maximum atomic E-state index is 12.7. The van der Waals surface area contributed by atoms with Crippen LogP contribution in [-0.4, -0.2) is 29.6 Å². The summed E-state index contributed by atoms with van der Waals surface area (Å²) in [5.74, 6) is -31.5. The molecular weight excluding hydrogens is 286 g/mol. The summed E-state index contributed by atoms with van der Waals surface area (Å²) >= 11 is 0. The Labute approximate surface area is 94.9 Å². The van der Waals surface area contributed by atoms with Gasteiger partial charge in [-0.05, 0) is 6.92 Å². The van der Waals surface area contributed by atoms with Crippen LogP contribution in [-0.2, 0) is 0 Å². The molecule has 0 aromatic heterocycles. The van der Waals surface area contributed by atoms with E-state index in [-0.39, 0.29) is 0 Å². The Morgan fingerprint density at radius 1 is 0.667 bits per heavy atom. The van der Waals surface area contributed by atoms with Gasteiger partial charge in [0, 0.05) is 13.3 Å². The maximum Gasteiger partial charge on any atom is 0.384 e. The molecule has 0 saturated heterocycles. The summed E-state index contributed by atoms with van der Waals surface area (Å²) in [5, 5.41) is 0. The van der Waals surface area contributed by atoms with E-state index in [1.54, 1.807) is 0 Å². The minimum absolute atomic E-state index is 0.778. The van der Waals surface area contributed by atoms with Crippen LogP contribution >= 0.6 is 0 Å². The van der Waals surface area contributed by atoms with E-state index >= 15 is 0 Å². The van der Waals surface area contributed by atoms with Gasteiger partial charge in [0.1, 0.15) is 0 Å². The van der Waals surface area contributed by atoms with E-state index in [0.29, 0.717) is 0 Å². The minimum Gasteiger partial charge on any atom is -0.200 e. The summed E-state index contributed by atoms with van der Waals surface area (Å²) < 4.78 is 125. The summed E-state index contributed by atoms with van der Waals surface area (Å²) in [6.45, 7) is 1.41. The van der Waals surface area contributed by atoms with Gasteiger partial charge in [-0.1, -0.05) is 0 Å². The molecule has 0 rings (SSSR count). The Morgan fingerprint density at radius 2 is 1.00 bits per heavy atom. The van der Waals surface area contributed by atoms with Crippen molar-refractivity contribution in [2.75, 3.05) is 0 Å². The number of rotatable bonds is 5. The third-order valence-electron chi connectivity index (χ3n) is 2.11. The zero-order valence-electron chi connectivity index (χ0n) is 8.69. The van der Waals surface area contributed by atoms with Gasteiger partial charge in [0.2, 0.25) is 0 Å². The van der Waals surface area contributed by atoms with E-state index < -0.39 is 43.0 Å². The SMILES string of the molecule is [CH2]CC(F)(F)C(F)(F)C(F)(F)C(F)(F)C(C)(F)F. The minimum atomic E-state index is -6.94. The number of hydrogen-bond donors (Lipinski definition) is 0. The molecule has 0 aromatic carbocycles. The van der Waals surface area contributed by atoms with E-state index in [9.17, 15) is 43.9 Å². The molecule has 10 heteroatoms. The highest BCUT2D eigenvalue weighted by Gasteiger charge is 2.84. The molecule has 0 aromatic rings.